The van der Waals surface area contributed by atoms with Crippen LogP contribution in [0, 0.1) is 0 Å². The lowest BCUT2D eigenvalue weighted by Gasteiger charge is -2.09. The summed E-state index contributed by atoms with van der Waals surface area (Å²) in [5.74, 6) is 1.21. The number of ether oxygens (including phenoxy) is 1. The molecule has 4 aromatic rings. The summed E-state index contributed by atoms with van der Waals surface area (Å²) < 4.78 is 12.4. The summed E-state index contributed by atoms with van der Waals surface area (Å²) in [7, 11) is 1.61. The van der Waals surface area contributed by atoms with Gasteiger partial charge in [0.05, 0.1) is 7.11 Å². The van der Waals surface area contributed by atoms with Crippen molar-refractivity contribution in [3.63, 3.8) is 0 Å². The van der Waals surface area contributed by atoms with E-state index in [9.17, 15) is 4.79 Å². The second-order valence-electron chi connectivity index (χ2n) is 6.11. The number of rotatable bonds is 6. The van der Waals surface area contributed by atoms with Crippen LogP contribution >= 0.6 is 11.8 Å². The van der Waals surface area contributed by atoms with Gasteiger partial charge in [-0.25, -0.2) is 4.79 Å². The summed E-state index contributed by atoms with van der Waals surface area (Å²) in [5.41, 5.74) is 3.00. The molecule has 0 unspecified atom stereocenters. The summed E-state index contributed by atoms with van der Waals surface area (Å²) in [6, 6.07) is 15.0. The number of methoxy groups -OCH3 is 1. The summed E-state index contributed by atoms with van der Waals surface area (Å²) in [4.78, 5) is 12.0. The smallest absolute Gasteiger partial charge is 0.336 e. The number of benzene rings is 2. The molecule has 0 N–H and O–H groups in total. The van der Waals surface area contributed by atoms with Gasteiger partial charge in [0.2, 0.25) is 5.16 Å². The first-order valence-corrected chi connectivity index (χ1v) is 9.78. The van der Waals surface area contributed by atoms with E-state index in [0.717, 1.165) is 28.6 Å². The Labute approximate surface area is 165 Å². The molecule has 142 valence electrons. The molecule has 0 saturated carbocycles. The lowest BCUT2D eigenvalue weighted by molar-refractivity contribution is 0.410. The molecule has 0 aliphatic rings. The van der Waals surface area contributed by atoms with Crippen LogP contribution in [0.1, 0.15) is 18.1 Å². The van der Waals surface area contributed by atoms with Gasteiger partial charge < -0.3 is 9.15 Å². The van der Waals surface area contributed by atoms with E-state index in [0.29, 0.717) is 22.2 Å². The van der Waals surface area contributed by atoms with E-state index in [1.54, 1.807) is 11.8 Å². The van der Waals surface area contributed by atoms with E-state index in [2.05, 4.69) is 28.5 Å². The molecule has 0 fully saturated rings. The van der Waals surface area contributed by atoms with Crippen molar-refractivity contribution in [2.45, 2.75) is 24.3 Å². The number of thioether (sulfide) groups is 1. The van der Waals surface area contributed by atoms with Crippen LogP contribution in [0.3, 0.4) is 0 Å². The van der Waals surface area contributed by atoms with Crippen LogP contribution < -0.4 is 10.4 Å². The average Bonchev–Trinajstić information content (AvgIpc) is 3.19. The average molecular weight is 394 g/mol. The Morgan fingerprint density at radius 2 is 2.04 bits per heavy atom. The maximum absolute atomic E-state index is 12.0. The Hall–Kier alpha value is -3.13. The molecule has 2 aromatic heterocycles. The number of fused-ring (bicyclic) bond motifs is 1. The van der Waals surface area contributed by atoms with Crippen molar-refractivity contribution in [1.29, 1.82) is 0 Å². The molecule has 0 spiro atoms. The molecule has 2 heterocycles. The van der Waals surface area contributed by atoms with Crippen molar-refractivity contribution < 1.29 is 9.15 Å². The summed E-state index contributed by atoms with van der Waals surface area (Å²) in [6.07, 6.45) is 0.881. The van der Waals surface area contributed by atoms with Crippen LogP contribution in [-0.2, 0) is 12.2 Å². The van der Waals surface area contributed by atoms with Gasteiger partial charge in [0.25, 0.3) is 0 Å². The van der Waals surface area contributed by atoms with Crippen LogP contribution in [-0.4, -0.2) is 27.3 Å². The van der Waals surface area contributed by atoms with E-state index in [4.69, 9.17) is 9.15 Å². The highest BCUT2D eigenvalue weighted by Crippen LogP contribution is 2.29. The van der Waals surface area contributed by atoms with Crippen LogP contribution in [0.15, 0.2) is 62.9 Å². The minimum Gasteiger partial charge on any atom is -0.494 e. The predicted octanol–water partition coefficient (Wildman–Crippen LogP) is 3.63. The van der Waals surface area contributed by atoms with Crippen molar-refractivity contribution >= 4 is 22.7 Å². The van der Waals surface area contributed by atoms with E-state index >= 15 is 0 Å². The largest absolute Gasteiger partial charge is 0.494 e. The van der Waals surface area contributed by atoms with E-state index in [-0.39, 0.29) is 5.63 Å². The van der Waals surface area contributed by atoms with Gasteiger partial charge in [0.1, 0.15) is 17.0 Å². The Bertz CT molecular complexity index is 1190. The molecule has 0 amide bonds. The molecule has 0 radical (unpaired) electrons. The molecule has 0 aliphatic carbocycles. The second kappa shape index (κ2) is 7.85. The van der Waals surface area contributed by atoms with Gasteiger partial charge in [-0.05, 0) is 46.2 Å². The molecule has 0 atom stereocenters. The number of nitrogens with zero attached hydrogens (tertiary/aromatic N) is 4. The highest BCUT2D eigenvalue weighted by atomic mass is 32.2. The zero-order chi connectivity index (χ0) is 19.5. The van der Waals surface area contributed by atoms with Crippen molar-refractivity contribution in [2.75, 3.05) is 7.11 Å². The Morgan fingerprint density at radius 1 is 1.18 bits per heavy atom. The monoisotopic (exact) mass is 394 g/mol. The lowest BCUT2D eigenvalue weighted by Crippen LogP contribution is -2.03. The maximum Gasteiger partial charge on any atom is 0.336 e. The number of hydrogen-bond donors (Lipinski definition) is 0. The first-order chi connectivity index (χ1) is 13.7. The molecule has 0 saturated heterocycles. The number of aromatic nitrogens is 4. The molecular formula is C20H18N4O3S. The zero-order valence-electron chi connectivity index (χ0n) is 15.5. The first kappa shape index (κ1) is 18.2. The number of aryl methyl sites for hydroxylation is 1. The standard InChI is InChI=1S/C20H18N4O3S/c1-3-13-8-9-15-14(11-19(25)27-18(15)10-13)12-28-20-21-22-23-24(20)16-6-4-5-7-17(16)26-2/h4-11H,3,12H2,1-2H3. The van der Waals surface area contributed by atoms with Crippen molar-refractivity contribution in [3.8, 4) is 11.4 Å². The van der Waals surface area contributed by atoms with Gasteiger partial charge >= 0.3 is 5.63 Å². The third-order valence-corrected chi connectivity index (χ3v) is 5.38. The number of tetrazole rings is 1. The molecule has 28 heavy (non-hydrogen) atoms. The van der Waals surface area contributed by atoms with E-state index in [1.165, 1.54) is 17.8 Å². The predicted molar refractivity (Wildman–Crippen MR) is 107 cm³/mol. The fourth-order valence-electron chi connectivity index (χ4n) is 2.98. The minimum absolute atomic E-state index is 0.360. The molecule has 0 aliphatic heterocycles. The number of hydrogen-bond acceptors (Lipinski definition) is 7. The molecule has 8 heteroatoms. The fraction of sp³-hybridized carbons (Fsp3) is 0.200. The maximum atomic E-state index is 12.0. The Kier molecular flexibility index (Phi) is 5.12. The van der Waals surface area contributed by atoms with Gasteiger partial charge in [-0.15, -0.1) is 5.10 Å². The molecule has 4 rings (SSSR count). The Morgan fingerprint density at radius 3 is 2.86 bits per heavy atom. The van der Waals surface area contributed by atoms with Gasteiger partial charge in [-0.1, -0.05) is 43.0 Å². The highest BCUT2D eigenvalue weighted by Gasteiger charge is 2.14. The van der Waals surface area contributed by atoms with E-state index in [1.807, 2.05) is 36.4 Å². The third kappa shape index (κ3) is 3.50. The normalized spacial score (nSPS) is 11.1. The van der Waals surface area contributed by atoms with Crippen LogP contribution in [0.4, 0.5) is 0 Å². The van der Waals surface area contributed by atoms with E-state index < -0.39 is 0 Å². The lowest BCUT2D eigenvalue weighted by atomic mass is 10.1. The SMILES string of the molecule is CCc1ccc2c(CSc3nnnn3-c3ccccc3OC)cc(=O)oc2c1. The zero-order valence-corrected chi connectivity index (χ0v) is 16.3. The second-order valence-corrected chi connectivity index (χ2v) is 7.05. The van der Waals surface area contributed by atoms with Crippen LogP contribution in [0.2, 0.25) is 0 Å². The summed E-state index contributed by atoms with van der Waals surface area (Å²) >= 11 is 1.45. The molecule has 0 bridgehead atoms. The van der Waals surface area contributed by atoms with Crippen LogP contribution in [0.5, 0.6) is 5.75 Å². The fourth-order valence-corrected chi connectivity index (χ4v) is 3.86. The van der Waals surface area contributed by atoms with Gasteiger partial charge in [-0.2, -0.15) is 4.68 Å². The first-order valence-electron chi connectivity index (χ1n) is 8.80. The highest BCUT2D eigenvalue weighted by molar-refractivity contribution is 7.98. The Balaban J connectivity index is 1.66. The van der Waals surface area contributed by atoms with Crippen LogP contribution in [0.25, 0.3) is 16.7 Å². The topological polar surface area (TPSA) is 83.0 Å². The van der Waals surface area contributed by atoms with Crippen molar-refractivity contribution in [3.05, 3.63) is 70.1 Å². The number of para-hydroxylation sites is 2. The molecule has 2 aromatic carbocycles. The minimum atomic E-state index is -0.360. The third-order valence-electron chi connectivity index (χ3n) is 4.41. The van der Waals surface area contributed by atoms with Crippen molar-refractivity contribution in [1.82, 2.24) is 20.2 Å². The van der Waals surface area contributed by atoms with Gasteiger partial charge in [0, 0.05) is 17.2 Å². The quantitative estimate of drug-likeness (QED) is 0.365. The van der Waals surface area contributed by atoms with Crippen molar-refractivity contribution in [2.24, 2.45) is 0 Å². The molecular weight excluding hydrogens is 376 g/mol. The summed E-state index contributed by atoms with van der Waals surface area (Å²) in [5, 5.41) is 13.5. The summed E-state index contributed by atoms with van der Waals surface area (Å²) in [6.45, 7) is 2.07. The van der Waals surface area contributed by atoms with Gasteiger partial charge in [-0.3, -0.25) is 0 Å². The molecule has 7 nitrogen and oxygen atoms in total. The van der Waals surface area contributed by atoms with Gasteiger partial charge in [0.15, 0.2) is 0 Å².